The van der Waals surface area contributed by atoms with Crippen LogP contribution in [0.15, 0.2) is 54.6 Å². The standard InChI is InChI=1S/C19H17N3O4/c20-13-17-10-16(11-18(12-17)22(24)25)8-4-5-9-21-19(23)26-14-15-6-2-1-3-7-15/h1-4,6-8,10-12H,5,9,14H2,(H,21,23). The molecular formula is C19H17N3O4. The molecule has 0 fully saturated rings. The van der Waals surface area contributed by atoms with Gasteiger partial charge in [0.1, 0.15) is 6.61 Å². The van der Waals surface area contributed by atoms with Gasteiger partial charge in [-0.3, -0.25) is 10.1 Å². The van der Waals surface area contributed by atoms with Gasteiger partial charge in [0, 0.05) is 18.7 Å². The Morgan fingerprint density at radius 2 is 2.04 bits per heavy atom. The third kappa shape index (κ3) is 6.09. The van der Waals surface area contributed by atoms with Gasteiger partial charge in [-0.05, 0) is 23.6 Å². The number of hydrogen-bond donors (Lipinski definition) is 1. The fourth-order valence-corrected chi connectivity index (χ4v) is 2.15. The molecule has 132 valence electrons. The quantitative estimate of drug-likeness (QED) is 0.464. The number of nitrogens with one attached hydrogen (secondary N) is 1. The molecule has 0 saturated carbocycles. The zero-order valence-corrected chi connectivity index (χ0v) is 13.9. The second-order valence-electron chi connectivity index (χ2n) is 5.36. The summed E-state index contributed by atoms with van der Waals surface area (Å²) < 4.78 is 5.08. The first kappa shape index (κ1) is 18.7. The summed E-state index contributed by atoms with van der Waals surface area (Å²) in [6.45, 7) is 0.567. The van der Waals surface area contributed by atoms with E-state index >= 15 is 0 Å². The maximum Gasteiger partial charge on any atom is 0.407 e. The number of nitro benzene ring substituents is 1. The summed E-state index contributed by atoms with van der Waals surface area (Å²) in [7, 11) is 0. The van der Waals surface area contributed by atoms with Crippen molar-refractivity contribution in [3.05, 3.63) is 81.4 Å². The Kier molecular flexibility index (Phi) is 6.89. The molecule has 1 N–H and O–H groups in total. The Balaban J connectivity index is 1.77. The second kappa shape index (κ2) is 9.59. The summed E-state index contributed by atoms with van der Waals surface area (Å²) in [4.78, 5) is 21.9. The van der Waals surface area contributed by atoms with Gasteiger partial charge in [-0.1, -0.05) is 42.5 Å². The van der Waals surface area contributed by atoms with Crippen LogP contribution in [-0.2, 0) is 11.3 Å². The molecule has 7 nitrogen and oxygen atoms in total. The fourth-order valence-electron chi connectivity index (χ4n) is 2.15. The molecule has 0 saturated heterocycles. The van der Waals surface area contributed by atoms with E-state index in [1.165, 1.54) is 12.1 Å². The lowest BCUT2D eigenvalue weighted by atomic mass is 10.1. The van der Waals surface area contributed by atoms with Crippen molar-refractivity contribution in [3.63, 3.8) is 0 Å². The van der Waals surface area contributed by atoms with Crippen molar-refractivity contribution in [1.82, 2.24) is 5.32 Å². The van der Waals surface area contributed by atoms with E-state index in [9.17, 15) is 14.9 Å². The van der Waals surface area contributed by atoms with Crippen molar-refractivity contribution in [2.24, 2.45) is 0 Å². The first-order valence-electron chi connectivity index (χ1n) is 7.89. The predicted molar refractivity (Wildman–Crippen MR) is 96.1 cm³/mol. The van der Waals surface area contributed by atoms with Crippen LogP contribution in [-0.4, -0.2) is 17.6 Å². The molecule has 0 aliphatic heterocycles. The summed E-state index contributed by atoms with van der Waals surface area (Å²) >= 11 is 0. The number of nitrogens with zero attached hydrogens (tertiary/aromatic N) is 2. The van der Waals surface area contributed by atoms with E-state index in [1.54, 1.807) is 18.2 Å². The minimum atomic E-state index is -0.539. The largest absolute Gasteiger partial charge is 0.445 e. The van der Waals surface area contributed by atoms with Crippen molar-refractivity contribution in [2.75, 3.05) is 6.54 Å². The Labute approximate surface area is 150 Å². The highest BCUT2D eigenvalue weighted by molar-refractivity contribution is 5.67. The minimum Gasteiger partial charge on any atom is -0.445 e. The van der Waals surface area contributed by atoms with Crippen LogP contribution in [0.1, 0.15) is 23.1 Å². The van der Waals surface area contributed by atoms with Gasteiger partial charge in [0.2, 0.25) is 0 Å². The van der Waals surface area contributed by atoms with E-state index < -0.39 is 11.0 Å². The molecule has 0 radical (unpaired) electrons. The van der Waals surface area contributed by atoms with Crippen LogP contribution < -0.4 is 5.32 Å². The Hall–Kier alpha value is -3.66. The zero-order valence-electron chi connectivity index (χ0n) is 13.9. The predicted octanol–water partition coefficient (Wildman–Crippen LogP) is 3.80. The van der Waals surface area contributed by atoms with Crippen LogP contribution in [0.2, 0.25) is 0 Å². The average molecular weight is 351 g/mol. The molecule has 2 rings (SSSR count). The third-order valence-electron chi connectivity index (χ3n) is 3.38. The highest BCUT2D eigenvalue weighted by atomic mass is 16.6. The van der Waals surface area contributed by atoms with Crippen LogP contribution in [0.5, 0.6) is 0 Å². The average Bonchev–Trinajstić information content (AvgIpc) is 2.66. The maximum absolute atomic E-state index is 11.6. The van der Waals surface area contributed by atoms with E-state index in [1.807, 2.05) is 36.4 Å². The van der Waals surface area contributed by atoms with Gasteiger partial charge in [0.25, 0.3) is 5.69 Å². The molecule has 0 aliphatic rings. The summed E-state index contributed by atoms with van der Waals surface area (Å²) in [6, 6.07) is 15.4. The van der Waals surface area contributed by atoms with Crippen molar-refractivity contribution < 1.29 is 14.5 Å². The lowest BCUT2D eigenvalue weighted by Crippen LogP contribution is -2.24. The number of benzene rings is 2. The first-order valence-corrected chi connectivity index (χ1v) is 7.89. The smallest absolute Gasteiger partial charge is 0.407 e. The molecule has 0 spiro atoms. The first-order chi connectivity index (χ1) is 12.6. The number of carbonyl (C=O) groups is 1. The van der Waals surface area contributed by atoms with Crippen LogP contribution in [0.4, 0.5) is 10.5 Å². The highest BCUT2D eigenvalue weighted by Gasteiger charge is 2.08. The normalized spacial score (nSPS) is 10.3. The fraction of sp³-hybridized carbons (Fsp3) is 0.158. The molecule has 7 heteroatoms. The van der Waals surface area contributed by atoms with Gasteiger partial charge in [-0.25, -0.2) is 4.79 Å². The van der Waals surface area contributed by atoms with Crippen LogP contribution in [0, 0.1) is 21.4 Å². The number of hydrogen-bond acceptors (Lipinski definition) is 5. The van der Waals surface area contributed by atoms with E-state index in [0.717, 1.165) is 5.56 Å². The molecule has 2 aromatic carbocycles. The molecular weight excluding hydrogens is 334 g/mol. The number of ether oxygens (including phenoxy) is 1. The number of alkyl carbamates (subject to hydrolysis) is 1. The Morgan fingerprint density at radius 3 is 2.73 bits per heavy atom. The molecule has 0 atom stereocenters. The zero-order chi connectivity index (χ0) is 18.8. The van der Waals surface area contributed by atoms with E-state index in [2.05, 4.69) is 5.32 Å². The van der Waals surface area contributed by atoms with Gasteiger partial charge >= 0.3 is 6.09 Å². The number of carbonyl (C=O) groups excluding carboxylic acids is 1. The Bertz CT molecular complexity index is 842. The number of nitriles is 1. The van der Waals surface area contributed by atoms with Crippen LogP contribution in [0.25, 0.3) is 6.08 Å². The molecule has 26 heavy (non-hydrogen) atoms. The lowest BCUT2D eigenvalue weighted by Gasteiger charge is -2.05. The molecule has 0 aliphatic carbocycles. The lowest BCUT2D eigenvalue weighted by molar-refractivity contribution is -0.384. The summed E-state index contributed by atoms with van der Waals surface area (Å²) in [5, 5.41) is 22.4. The number of nitro groups is 1. The number of amides is 1. The van der Waals surface area contributed by atoms with Gasteiger partial charge in [0.05, 0.1) is 16.6 Å². The maximum atomic E-state index is 11.6. The van der Waals surface area contributed by atoms with Gasteiger partial charge in [-0.2, -0.15) is 5.26 Å². The SMILES string of the molecule is N#Cc1cc(C=CCCNC(=O)OCc2ccccc2)cc([N+](=O)[O-])c1. The number of non-ortho nitro benzene ring substituents is 1. The molecule has 0 heterocycles. The summed E-state index contributed by atoms with van der Waals surface area (Å²) in [5.74, 6) is 0. The van der Waals surface area contributed by atoms with E-state index in [0.29, 0.717) is 18.5 Å². The van der Waals surface area contributed by atoms with Crippen LogP contribution in [0.3, 0.4) is 0 Å². The van der Waals surface area contributed by atoms with Gasteiger partial charge in [-0.15, -0.1) is 0 Å². The minimum absolute atomic E-state index is 0.133. The van der Waals surface area contributed by atoms with Gasteiger partial charge < -0.3 is 10.1 Å². The molecule has 0 unspecified atom stereocenters. The topological polar surface area (TPSA) is 105 Å². The molecule has 1 amide bonds. The van der Waals surface area contributed by atoms with Crippen molar-refractivity contribution in [1.29, 1.82) is 5.26 Å². The summed E-state index contributed by atoms with van der Waals surface area (Å²) in [5.41, 5.74) is 1.55. The molecule has 0 aromatic heterocycles. The van der Waals surface area contributed by atoms with Gasteiger partial charge in [0.15, 0.2) is 0 Å². The summed E-state index contributed by atoms with van der Waals surface area (Å²) in [6.07, 6.45) is 3.44. The Morgan fingerprint density at radius 1 is 1.27 bits per heavy atom. The number of rotatable bonds is 7. The van der Waals surface area contributed by atoms with Crippen LogP contribution >= 0.6 is 0 Å². The van der Waals surface area contributed by atoms with E-state index in [4.69, 9.17) is 10.00 Å². The van der Waals surface area contributed by atoms with Crippen molar-refractivity contribution >= 4 is 17.9 Å². The van der Waals surface area contributed by atoms with E-state index in [-0.39, 0.29) is 17.9 Å². The second-order valence-corrected chi connectivity index (χ2v) is 5.36. The molecule has 0 bridgehead atoms. The van der Waals surface area contributed by atoms with Crippen molar-refractivity contribution in [3.8, 4) is 6.07 Å². The highest BCUT2D eigenvalue weighted by Crippen LogP contribution is 2.18. The third-order valence-corrected chi connectivity index (χ3v) is 3.38. The molecule has 2 aromatic rings. The van der Waals surface area contributed by atoms with Crippen molar-refractivity contribution in [2.45, 2.75) is 13.0 Å². The monoisotopic (exact) mass is 351 g/mol.